The summed E-state index contributed by atoms with van der Waals surface area (Å²) in [5.41, 5.74) is 0. The molecular formula is C18H19Cl2N3O6S. The molecule has 0 bridgehead atoms. The maximum absolute atomic E-state index is 12.4. The maximum atomic E-state index is 12.4. The molecule has 1 amide bonds. The lowest BCUT2D eigenvalue weighted by Gasteiger charge is -2.18. The Hall–Kier alpha value is -2.40. The number of anilines is 1. The second kappa shape index (κ2) is 10.1. The number of nitrogens with one attached hydrogen (secondary N) is 2. The molecule has 0 aliphatic rings. The van der Waals surface area contributed by atoms with Crippen molar-refractivity contribution in [1.82, 2.24) is 9.71 Å². The van der Waals surface area contributed by atoms with E-state index < -0.39 is 34.0 Å². The molecule has 162 valence electrons. The topological polar surface area (TPSA) is 124 Å². The van der Waals surface area contributed by atoms with Gasteiger partial charge in [-0.2, -0.15) is 4.72 Å². The number of sulfonamides is 1. The minimum absolute atomic E-state index is 0.0437. The van der Waals surface area contributed by atoms with Crippen LogP contribution in [-0.4, -0.2) is 44.5 Å². The van der Waals surface area contributed by atoms with Crippen LogP contribution in [0.3, 0.4) is 0 Å². The Labute approximate surface area is 183 Å². The summed E-state index contributed by atoms with van der Waals surface area (Å²) in [6.07, 6.45) is 0.0504. The Kier molecular flexibility index (Phi) is 8.02. The summed E-state index contributed by atoms with van der Waals surface area (Å²) >= 11 is 11.7. The van der Waals surface area contributed by atoms with Crippen molar-refractivity contribution in [2.45, 2.75) is 30.9 Å². The SMILES string of the molecule is COc1ccc(S(=O)(=O)N[C@H](C)C(=O)O[C@H](C)C(=O)Nc2ncc(Cl)cc2Cl)cc1. The third-order valence-corrected chi connectivity index (χ3v) is 5.82. The van der Waals surface area contributed by atoms with Gasteiger partial charge in [0.2, 0.25) is 10.0 Å². The number of rotatable bonds is 8. The van der Waals surface area contributed by atoms with Crippen LogP contribution in [0.4, 0.5) is 5.82 Å². The Bertz CT molecular complexity index is 1030. The number of esters is 1. The third-order valence-electron chi connectivity index (χ3n) is 3.77. The number of aromatic nitrogens is 1. The van der Waals surface area contributed by atoms with Gasteiger partial charge in [-0.05, 0) is 44.2 Å². The summed E-state index contributed by atoms with van der Waals surface area (Å²) in [6, 6.07) is 5.75. The number of nitrogens with zero attached hydrogens (tertiary/aromatic N) is 1. The molecule has 2 N–H and O–H groups in total. The summed E-state index contributed by atoms with van der Waals surface area (Å²) in [5.74, 6) is -1.12. The van der Waals surface area contributed by atoms with Crippen molar-refractivity contribution < 1.29 is 27.5 Å². The van der Waals surface area contributed by atoms with Crippen molar-refractivity contribution in [2.75, 3.05) is 12.4 Å². The monoisotopic (exact) mass is 475 g/mol. The first-order chi connectivity index (χ1) is 14.0. The highest BCUT2D eigenvalue weighted by Crippen LogP contribution is 2.22. The molecule has 1 aromatic carbocycles. The van der Waals surface area contributed by atoms with Gasteiger partial charge in [0.05, 0.1) is 22.1 Å². The van der Waals surface area contributed by atoms with E-state index in [0.717, 1.165) is 0 Å². The average Bonchev–Trinajstić information content (AvgIpc) is 2.69. The number of methoxy groups -OCH3 is 1. The van der Waals surface area contributed by atoms with Gasteiger partial charge in [-0.1, -0.05) is 23.2 Å². The van der Waals surface area contributed by atoms with Gasteiger partial charge in [0.25, 0.3) is 5.91 Å². The van der Waals surface area contributed by atoms with E-state index in [2.05, 4.69) is 15.0 Å². The zero-order chi connectivity index (χ0) is 22.5. The van der Waals surface area contributed by atoms with Gasteiger partial charge in [-0.15, -0.1) is 0 Å². The van der Waals surface area contributed by atoms with Crippen molar-refractivity contribution in [3.63, 3.8) is 0 Å². The van der Waals surface area contributed by atoms with Crippen LogP contribution in [0.5, 0.6) is 5.75 Å². The summed E-state index contributed by atoms with van der Waals surface area (Å²) in [5, 5.41) is 2.79. The van der Waals surface area contributed by atoms with Crippen LogP contribution >= 0.6 is 23.2 Å². The number of carbonyl (C=O) groups is 2. The van der Waals surface area contributed by atoms with Gasteiger partial charge in [0.15, 0.2) is 11.9 Å². The number of pyridine rings is 1. The van der Waals surface area contributed by atoms with Gasteiger partial charge in [0, 0.05) is 6.20 Å². The molecule has 0 spiro atoms. The molecular weight excluding hydrogens is 457 g/mol. The van der Waals surface area contributed by atoms with Gasteiger partial charge in [-0.3, -0.25) is 9.59 Å². The summed E-state index contributed by atoms with van der Waals surface area (Å²) in [7, 11) is -2.54. The van der Waals surface area contributed by atoms with E-state index in [0.29, 0.717) is 5.75 Å². The van der Waals surface area contributed by atoms with Crippen LogP contribution in [-0.2, 0) is 24.3 Å². The van der Waals surface area contributed by atoms with Crippen LogP contribution in [0.2, 0.25) is 10.0 Å². The quantitative estimate of drug-likeness (QED) is 0.562. The van der Waals surface area contributed by atoms with Crippen LogP contribution < -0.4 is 14.8 Å². The zero-order valence-electron chi connectivity index (χ0n) is 16.2. The summed E-state index contributed by atoms with van der Waals surface area (Å²) < 4.78 is 37.0. The molecule has 0 saturated heterocycles. The van der Waals surface area contributed by atoms with Gasteiger partial charge in [-0.25, -0.2) is 13.4 Å². The molecule has 9 nitrogen and oxygen atoms in total. The first-order valence-electron chi connectivity index (χ1n) is 8.52. The third kappa shape index (κ3) is 6.30. The number of hydrogen-bond donors (Lipinski definition) is 2. The van der Waals surface area contributed by atoms with Crippen LogP contribution in [0.1, 0.15) is 13.8 Å². The second-order valence-corrected chi connectivity index (χ2v) is 8.63. The Morgan fingerprint density at radius 2 is 1.77 bits per heavy atom. The van der Waals surface area contributed by atoms with E-state index in [4.69, 9.17) is 32.7 Å². The van der Waals surface area contributed by atoms with E-state index in [1.165, 1.54) is 57.5 Å². The van der Waals surface area contributed by atoms with Gasteiger partial charge >= 0.3 is 5.97 Å². The van der Waals surface area contributed by atoms with Crippen molar-refractivity contribution >= 4 is 50.9 Å². The van der Waals surface area contributed by atoms with Crippen molar-refractivity contribution in [2.24, 2.45) is 0 Å². The molecule has 2 atom stereocenters. The molecule has 0 radical (unpaired) electrons. The lowest BCUT2D eigenvalue weighted by atomic mass is 10.3. The van der Waals surface area contributed by atoms with Crippen molar-refractivity contribution in [3.05, 3.63) is 46.6 Å². The molecule has 0 fully saturated rings. The lowest BCUT2D eigenvalue weighted by Crippen LogP contribution is -2.42. The maximum Gasteiger partial charge on any atom is 0.324 e. The summed E-state index contributed by atoms with van der Waals surface area (Å²) in [6.45, 7) is 2.62. The number of benzene rings is 1. The van der Waals surface area contributed by atoms with Crippen LogP contribution in [0.15, 0.2) is 41.4 Å². The van der Waals surface area contributed by atoms with Crippen LogP contribution in [0.25, 0.3) is 0 Å². The predicted molar refractivity (Wildman–Crippen MR) is 111 cm³/mol. The van der Waals surface area contributed by atoms with Gasteiger partial charge in [0.1, 0.15) is 11.8 Å². The minimum Gasteiger partial charge on any atom is -0.497 e. The highest BCUT2D eigenvalue weighted by atomic mass is 35.5. The zero-order valence-corrected chi connectivity index (χ0v) is 18.5. The molecule has 0 aliphatic carbocycles. The fourth-order valence-electron chi connectivity index (χ4n) is 2.16. The van der Waals surface area contributed by atoms with Gasteiger partial charge < -0.3 is 14.8 Å². The lowest BCUT2D eigenvalue weighted by molar-refractivity contribution is -0.154. The molecule has 30 heavy (non-hydrogen) atoms. The number of carbonyl (C=O) groups excluding carboxylic acids is 2. The fourth-order valence-corrected chi connectivity index (χ4v) is 3.78. The second-order valence-electron chi connectivity index (χ2n) is 6.07. The van der Waals surface area contributed by atoms with E-state index in [1.807, 2.05) is 0 Å². The van der Waals surface area contributed by atoms with E-state index in [-0.39, 0.29) is 20.8 Å². The van der Waals surface area contributed by atoms with E-state index >= 15 is 0 Å². The number of ether oxygens (including phenoxy) is 2. The van der Waals surface area contributed by atoms with Crippen molar-refractivity contribution in [1.29, 1.82) is 0 Å². The fraction of sp³-hybridized carbons (Fsp3) is 0.278. The molecule has 1 aromatic heterocycles. The highest BCUT2D eigenvalue weighted by Gasteiger charge is 2.27. The Morgan fingerprint density at radius 1 is 1.13 bits per heavy atom. The largest absolute Gasteiger partial charge is 0.497 e. The highest BCUT2D eigenvalue weighted by molar-refractivity contribution is 7.89. The Morgan fingerprint density at radius 3 is 2.33 bits per heavy atom. The van der Waals surface area contributed by atoms with Crippen molar-refractivity contribution in [3.8, 4) is 5.75 Å². The molecule has 0 saturated carbocycles. The molecule has 2 rings (SSSR count). The summed E-state index contributed by atoms with van der Waals surface area (Å²) in [4.78, 5) is 28.2. The van der Waals surface area contributed by atoms with Crippen LogP contribution in [0, 0.1) is 0 Å². The predicted octanol–water partition coefficient (Wildman–Crippen LogP) is 2.63. The molecule has 2 aromatic rings. The average molecular weight is 476 g/mol. The number of halogens is 2. The molecule has 12 heteroatoms. The Balaban J connectivity index is 1.97. The smallest absolute Gasteiger partial charge is 0.324 e. The number of amides is 1. The van der Waals surface area contributed by atoms with E-state index in [9.17, 15) is 18.0 Å². The minimum atomic E-state index is -3.99. The number of hydrogen-bond acceptors (Lipinski definition) is 7. The normalized spacial score (nSPS) is 13.2. The standard InChI is InChI=1S/C18H19Cl2N3O6S/c1-10(23-30(26,27)14-6-4-13(28-3)5-7-14)18(25)29-11(2)17(24)22-16-15(20)8-12(19)9-21-16/h4-11,23H,1-3H3,(H,21,22,24)/t10-,11-/m1/s1. The molecule has 0 unspecified atom stereocenters. The molecule has 0 aliphatic heterocycles. The first-order valence-corrected chi connectivity index (χ1v) is 10.8. The first kappa shape index (κ1) is 23.9. The molecule has 1 heterocycles. The van der Waals surface area contributed by atoms with E-state index in [1.54, 1.807) is 0 Å².